The fourth-order valence-electron chi connectivity index (χ4n) is 2.46. The predicted octanol–water partition coefficient (Wildman–Crippen LogP) is 1.29. The Labute approximate surface area is 119 Å². The van der Waals surface area contributed by atoms with E-state index in [1.165, 1.54) is 5.56 Å². The van der Waals surface area contributed by atoms with E-state index < -0.39 is 5.97 Å². The van der Waals surface area contributed by atoms with Crippen LogP contribution in [0.1, 0.15) is 12.5 Å². The molecule has 0 aromatic heterocycles. The van der Waals surface area contributed by atoms with Crippen molar-refractivity contribution in [3.63, 3.8) is 0 Å². The molecule has 0 spiro atoms. The van der Waals surface area contributed by atoms with Gasteiger partial charge in [-0.2, -0.15) is 0 Å². The number of nitrogens with zero attached hydrogens (tertiary/aromatic N) is 2. The number of benzene rings is 1. The summed E-state index contributed by atoms with van der Waals surface area (Å²) in [6, 6.07) is 8.16. The van der Waals surface area contributed by atoms with Gasteiger partial charge in [-0.05, 0) is 24.6 Å². The molecule has 1 N–H and O–H groups in total. The van der Waals surface area contributed by atoms with Crippen LogP contribution in [-0.2, 0) is 11.3 Å². The maximum absolute atomic E-state index is 10.7. The third-order valence-electron chi connectivity index (χ3n) is 3.44. The van der Waals surface area contributed by atoms with Gasteiger partial charge in [-0.15, -0.1) is 0 Å². The summed E-state index contributed by atoms with van der Waals surface area (Å²) in [6.07, 6.45) is 0. The zero-order valence-corrected chi connectivity index (χ0v) is 11.9. The Morgan fingerprint density at radius 1 is 1.25 bits per heavy atom. The van der Waals surface area contributed by atoms with Crippen molar-refractivity contribution in [1.29, 1.82) is 0 Å². The highest BCUT2D eigenvalue weighted by molar-refractivity contribution is 5.69. The first-order chi connectivity index (χ1) is 9.67. The minimum Gasteiger partial charge on any atom is -0.494 e. The van der Waals surface area contributed by atoms with Crippen LogP contribution in [0.3, 0.4) is 0 Å². The number of carboxylic acid groups (broad SMARTS) is 1. The van der Waals surface area contributed by atoms with Gasteiger partial charge in [-0.1, -0.05) is 12.1 Å². The number of hydrogen-bond donors (Lipinski definition) is 1. The van der Waals surface area contributed by atoms with Crippen molar-refractivity contribution in [2.75, 3.05) is 39.3 Å². The van der Waals surface area contributed by atoms with Crippen molar-refractivity contribution in [1.82, 2.24) is 9.80 Å². The molecule has 0 atom stereocenters. The molecule has 1 heterocycles. The molecule has 5 heteroatoms. The zero-order valence-electron chi connectivity index (χ0n) is 11.9. The van der Waals surface area contributed by atoms with E-state index in [4.69, 9.17) is 9.84 Å². The minimum atomic E-state index is -0.747. The molecule has 1 aromatic carbocycles. The van der Waals surface area contributed by atoms with Crippen LogP contribution < -0.4 is 4.74 Å². The molecule has 0 amide bonds. The maximum Gasteiger partial charge on any atom is 0.317 e. The molecule has 0 unspecified atom stereocenters. The summed E-state index contributed by atoms with van der Waals surface area (Å²) in [6.45, 7) is 7.15. The van der Waals surface area contributed by atoms with Crippen molar-refractivity contribution in [3.8, 4) is 5.75 Å². The molecule has 1 aromatic rings. The van der Waals surface area contributed by atoms with Crippen LogP contribution in [0.5, 0.6) is 5.75 Å². The standard InChI is InChI=1S/C15H22N2O3/c1-2-20-14-5-3-4-13(10-14)11-16-6-8-17(9-7-16)12-15(18)19/h3-5,10H,2,6-9,11-12H2,1H3,(H,18,19). The van der Waals surface area contributed by atoms with Crippen molar-refractivity contribution in [2.45, 2.75) is 13.5 Å². The normalized spacial score (nSPS) is 17.1. The molecule has 0 radical (unpaired) electrons. The first kappa shape index (κ1) is 14.8. The van der Waals surface area contributed by atoms with Gasteiger partial charge in [0.1, 0.15) is 5.75 Å². The third kappa shape index (κ3) is 4.51. The van der Waals surface area contributed by atoms with Crippen LogP contribution in [0.25, 0.3) is 0 Å². The highest BCUT2D eigenvalue weighted by Crippen LogP contribution is 2.15. The second kappa shape index (κ2) is 7.26. The molecule has 5 nitrogen and oxygen atoms in total. The molecule has 2 rings (SSSR count). The van der Waals surface area contributed by atoms with Crippen LogP contribution >= 0.6 is 0 Å². The van der Waals surface area contributed by atoms with E-state index >= 15 is 0 Å². The van der Waals surface area contributed by atoms with Gasteiger partial charge < -0.3 is 9.84 Å². The lowest BCUT2D eigenvalue weighted by Crippen LogP contribution is -2.47. The molecule has 0 aliphatic carbocycles. The van der Waals surface area contributed by atoms with E-state index in [2.05, 4.69) is 17.0 Å². The number of carboxylic acids is 1. The number of ether oxygens (including phenoxy) is 1. The molecule has 1 fully saturated rings. The van der Waals surface area contributed by atoms with Crippen molar-refractivity contribution in [2.24, 2.45) is 0 Å². The first-order valence-corrected chi connectivity index (χ1v) is 7.05. The topological polar surface area (TPSA) is 53.0 Å². The molecule has 1 saturated heterocycles. The minimum absolute atomic E-state index is 0.146. The summed E-state index contributed by atoms with van der Waals surface area (Å²) in [7, 11) is 0. The van der Waals surface area contributed by atoms with Gasteiger partial charge in [0, 0.05) is 32.7 Å². The van der Waals surface area contributed by atoms with E-state index in [0.717, 1.165) is 38.5 Å². The third-order valence-corrected chi connectivity index (χ3v) is 3.44. The molecule has 0 bridgehead atoms. The number of carbonyl (C=O) groups is 1. The zero-order chi connectivity index (χ0) is 14.4. The summed E-state index contributed by atoms with van der Waals surface area (Å²) < 4.78 is 5.50. The van der Waals surface area contributed by atoms with Gasteiger partial charge in [-0.25, -0.2) is 0 Å². The van der Waals surface area contributed by atoms with Crippen LogP contribution in [0.15, 0.2) is 24.3 Å². The molecule has 110 valence electrons. The quantitative estimate of drug-likeness (QED) is 0.849. The Balaban J connectivity index is 1.83. The van der Waals surface area contributed by atoms with Crippen molar-refractivity contribution < 1.29 is 14.6 Å². The van der Waals surface area contributed by atoms with Gasteiger partial charge >= 0.3 is 5.97 Å². The second-order valence-electron chi connectivity index (χ2n) is 5.03. The average molecular weight is 278 g/mol. The van der Waals surface area contributed by atoms with Crippen LogP contribution in [0.2, 0.25) is 0 Å². The summed E-state index contributed by atoms with van der Waals surface area (Å²) in [5, 5.41) is 8.78. The van der Waals surface area contributed by atoms with Gasteiger partial charge in [0.25, 0.3) is 0 Å². The summed E-state index contributed by atoms with van der Waals surface area (Å²) in [5.74, 6) is 0.164. The Bertz CT molecular complexity index is 442. The summed E-state index contributed by atoms with van der Waals surface area (Å²) in [4.78, 5) is 15.0. The SMILES string of the molecule is CCOc1cccc(CN2CCN(CC(=O)O)CC2)c1. The van der Waals surface area contributed by atoms with Gasteiger partial charge in [0.2, 0.25) is 0 Å². The molecule has 1 aliphatic rings. The molecular weight excluding hydrogens is 256 g/mol. The van der Waals surface area contributed by atoms with E-state index in [9.17, 15) is 4.79 Å². The van der Waals surface area contributed by atoms with E-state index in [1.54, 1.807) is 0 Å². The summed E-state index contributed by atoms with van der Waals surface area (Å²) >= 11 is 0. The number of rotatable bonds is 6. The van der Waals surface area contributed by atoms with Crippen molar-refractivity contribution >= 4 is 5.97 Å². The number of hydrogen-bond acceptors (Lipinski definition) is 4. The molecular formula is C15H22N2O3. The Hall–Kier alpha value is -1.59. The second-order valence-corrected chi connectivity index (χ2v) is 5.03. The van der Waals surface area contributed by atoms with Crippen LogP contribution in [0, 0.1) is 0 Å². The Morgan fingerprint density at radius 2 is 1.95 bits per heavy atom. The average Bonchev–Trinajstić information content (AvgIpc) is 2.41. The lowest BCUT2D eigenvalue weighted by Gasteiger charge is -2.33. The number of aliphatic carboxylic acids is 1. The first-order valence-electron chi connectivity index (χ1n) is 7.05. The molecule has 0 saturated carbocycles. The fraction of sp³-hybridized carbons (Fsp3) is 0.533. The number of piperazine rings is 1. The highest BCUT2D eigenvalue weighted by Gasteiger charge is 2.18. The van der Waals surface area contributed by atoms with E-state index in [-0.39, 0.29) is 6.54 Å². The van der Waals surface area contributed by atoms with Crippen LogP contribution in [0.4, 0.5) is 0 Å². The monoisotopic (exact) mass is 278 g/mol. The largest absolute Gasteiger partial charge is 0.494 e. The fourth-order valence-corrected chi connectivity index (χ4v) is 2.46. The summed E-state index contributed by atoms with van der Waals surface area (Å²) in [5.41, 5.74) is 1.24. The highest BCUT2D eigenvalue weighted by atomic mass is 16.5. The van der Waals surface area contributed by atoms with Gasteiger partial charge in [0.05, 0.1) is 13.2 Å². The maximum atomic E-state index is 10.7. The van der Waals surface area contributed by atoms with Gasteiger partial charge in [-0.3, -0.25) is 14.6 Å². The van der Waals surface area contributed by atoms with Gasteiger partial charge in [0.15, 0.2) is 0 Å². The van der Waals surface area contributed by atoms with Crippen molar-refractivity contribution in [3.05, 3.63) is 29.8 Å². The lowest BCUT2D eigenvalue weighted by atomic mass is 10.2. The lowest BCUT2D eigenvalue weighted by molar-refractivity contribution is -0.138. The Morgan fingerprint density at radius 3 is 2.60 bits per heavy atom. The molecule has 20 heavy (non-hydrogen) atoms. The van der Waals surface area contributed by atoms with Crippen LogP contribution in [-0.4, -0.2) is 60.2 Å². The van der Waals surface area contributed by atoms with E-state index in [0.29, 0.717) is 6.61 Å². The predicted molar refractivity (Wildman–Crippen MR) is 77.0 cm³/mol. The Kier molecular flexibility index (Phi) is 5.38. The van der Waals surface area contributed by atoms with E-state index in [1.807, 2.05) is 24.0 Å². The molecule has 1 aliphatic heterocycles. The smallest absolute Gasteiger partial charge is 0.317 e.